The number of nitrogens with zero attached hydrogens (tertiary/aromatic N) is 1. The molecule has 2 aromatic rings. The highest BCUT2D eigenvalue weighted by Crippen LogP contribution is 2.29. The number of nitrogens with one attached hydrogen (secondary N) is 2. The van der Waals surface area contributed by atoms with Crippen LogP contribution in [0.3, 0.4) is 0 Å². The molecule has 3 amide bonds. The molecule has 1 aliphatic heterocycles. The Balaban J connectivity index is 1.77. The van der Waals surface area contributed by atoms with Crippen molar-refractivity contribution >= 4 is 34.6 Å². The maximum Gasteiger partial charge on any atom is 0.325 e. The smallest absolute Gasteiger partial charge is 0.325 e. The Hall–Kier alpha value is -3.29. The fourth-order valence-corrected chi connectivity index (χ4v) is 3.40. The van der Waals surface area contributed by atoms with Gasteiger partial charge in [0.15, 0.2) is 0 Å². The first-order valence-electron chi connectivity index (χ1n) is 9.78. The van der Waals surface area contributed by atoms with Crippen molar-refractivity contribution in [1.29, 1.82) is 0 Å². The number of esters is 1. The van der Waals surface area contributed by atoms with Crippen molar-refractivity contribution in [2.24, 2.45) is 0 Å². The van der Waals surface area contributed by atoms with Gasteiger partial charge in [0, 0.05) is 23.1 Å². The number of fused-ring (bicyclic) bond motifs is 1. The van der Waals surface area contributed by atoms with E-state index in [1.807, 2.05) is 6.07 Å². The van der Waals surface area contributed by atoms with Gasteiger partial charge in [-0.2, -0.15) is 0 Å². The summed E-state index contributed by atoms with van der Waals surface area (Å²) in [6.45, 7) is 6.84. The monoisotopic (exact) mass is 411 g/mol. The molecule has 1 aromatic heterocycles. The van der Waals surface area contributed by atoms with E-state index in [0.29, 0.717) is 29.6 Å². The molecule has 8 heteroatoms. The largest absolute Gasteiger partial charge is 0.459 e. The number of aromatic nitrogens is 1. The summed E-state index contributed by atoms with van der Waals surface area (Å²) in [7, 11) is 0. The number of amides is 3. The normalized spacial score (nSPS) is 16.9. The van der Waals surface area contributed by atoms with Gasteiger partial charge in [-0.25, -0.2) is 0 Å². The number of carbonyl (C=O) groups excluding carboxylic acids is 4. The maximum absolute atomic E-state index is 12.4. The van der Waals surface area contributed by atoms with Gasteiger partial charge in [-0.1, -0.05) is 6.07 Å². The summed E-state index contributed by atoms with van der Waals surface area (Å²) in [6.07, 6.45) is 0.745. The zero-order valence-electron chi connectivity index (χ0n) is 17.5. The van der Waals surface area contributed by atoms with Crippen molar-refractivity contribution in [2.75, 3.05) is 6.54 Å². The van der Waals surface area contributed by atoms with E-state index >= 15 is 0 Å². The quantitative estimate of drug-likeness (QED) is 0.588. The minimum Gasteiger partial charge on any atom is -0.459 e. The van der Waals surface area contributed by atoms with Gasteiger partial charge >= 0.3 is 5.97 Å². The SMILES string of the molecule is Cc1nc2cc(C(=O)NCC(=O)OC(C)(C)C)ccc2cc1C1CCC(=O)NC1=O. The van der Waals surface area contributed by atoms with Crippen LogP contribution in [0.2, 0.25) is 0 Å². The fraction of sp³-hybridized carbons (Fsp3) is 0.409. The minimum atomic E-state index is -0.619. The van der Waals surface area contributed by atoms with Gasteiger partial charge in [-0.05, 0) is 57.9 Å². The maximum atomic E-state index is 12.4. The third-order valence-corrected chi connectivity index (χ3v) is 4.74. The molecule has 1 saturated heterocycles. The average molecular weight is 411 g/mol. The fourth-order valence-electron chi connectivity index (χ4n) is 3.40. The number of carbonyl (C=O) groups is 4. The lowest BCUT2D eigenvalue weighted by Crippen LogP contribution is -2.39. The molecule has 30 heavy (non-hydrogen) atoms. The molecule has 1 atom stereocenters. The molecular formula is C22H25N3O5. The van der Waals surface area contributed by atoms with E-state index in [1.165, 1.54) is 0 Å². The van der Waals surface area contributed by atoms with Gasteiger partial charge in [0.1, 0.15) is 12.1 Å². The Bertz CT molecular complexity index is 1040. The highest BCUT2D eigenvalue weighted by atomic mass is 16.6. The first-order valence-corrected chi connectivity index (χ1v) is 9.78. The highest BCUT2D eigenvalue weighted by Gasteiger charge is 2.29. The molecule has 3 rings (SSSR count). The number of rotatable bonds is 4. The van der Waals surface area contributed by atoms with Crippen molar-refractivity contribution in [3.05, 3.63) is 41.1 Å². The summed E-state index contributed by atoms with van der Waals surface area (Å²) in [4.78, 5) is 52.3. The minimum absolute atomic E-state index is 0.227. The summed E-state index contributed by atoms with van der Waals surface area (Å²) in [5.41, 5.74) is 1.80. The number of pyridine rings is 1. The van der Waals surface area contributed by atoms with Crippen LogP contribution in [0, 0.1) is 6.92 Å². The second kappa shape index (κ2) is 8.22. The predicted molar refractivity (Wildman–Crippen MR) is 110 cm³/mol. The number of ether oxygens (including phenoxy) is 1. The lowest BCUT2D eigenvalue weighted by Gasteiger charge is -2.22. The molecule has 0 saturated carbocycles. The molecule has 2 N–H and O–H groups in total. The van der Waals surface area contributed by atoms with Gasteiger partial charge in [0.25, 0.3) is 5.91 Å². The Morgan fingerprint density at radius 1 is 1.23 bits per heavy atom. The van der Waals surface area contributed by atoms with Gasteiger partial charge < -0.3 is 10.1 Å². The van der Waals surface area contributed by atoms with Crippen molar-refractivity contribution < 1.29 is 23.9 Å². The average Bonchev–Trinajstić information content (AvgIpc) is 2.64. The Morgan fingerprint density at radius 3 is 2.63 bits per heavy atom. The number of imide groups is 1. The van der Waals surface area contributed by atoms with E-state index in [2.05, 4.69) is 15.6 Å². The van der Waals surface area contributed by atoms with Gasteiger partial charge in [-0.15, -0.1) is 0 Å². The molecule has 0 spiro atoms. The second-order valence-corrected chi connectivity index (χ2v) is 8.34. The number of piperidine rings is 1. The van der Waals surface area contributed by atoms with Crippen LogP contribution in [-0.4, -0.2) is 40.8 Å². The van der Waals surface area contributed by atoms with Gasteiger partial charge in [0.05, 0.1) is 11.4 Å². The van der Waals surface area contributed by atoms with Crippen molar-refractivity contribution in [3.63, 3.8) is 0 Å². The van der Waals surface area contributed by atoms with Crippen molar-refractivity contribution in [2.45, 2.75) is 52.1 Å². The number of benzene rings is 1. The summed E-state index contributed by atoms with van der Waals surface area (Å²) in [6, 6.07) is 6.90. The molecule has 1 unspecified atom stereocenters. The standard InChI is InChI=1S/C22H25N3O5/c1-12-16(15-7-8-18(26)25-21(15)29)9-13-5-6-14(10-17(13)24-12)20(28)23-11-19(27)30-22(2,3)4/h5-6,9-10,15H,7-8,11H2,1-4H3,(H,23,28)(H,25,26,29). The summed E-state index contributed by atoms with van der Waals surface area (Å²) in [5.74, 6) is -1.91. The third-order valence-electron chi connectivity index (χ3n) is 4.74. The Morgan fingerprint density at radius 2 is 1.97 bits per heavy atom. The molecule has 1 fully saturated rings. The van der Waals surface area contributed by atoms with E-state index < -0.39 is 23.4 Å². The Kier molecular flexibility index (Phi) is 5.87. The van der Waals surface area contributed by atoms with E-state index in [0.717, 1.165) is 10.9 Å². The van der Waals surface area contributed by atoms with E-state index in [4.69, 9.17) is 4.74 Å². The molecule has 158 valence electrons. The van der Waals surface area contributed by atoms with Crippen molar-refractivity contribution in [3.8, 4) is 0 Å². The number of hydrogen-bond acceptors (Lipinski definition) is 6. The molecule has 0 radical (unpaired) electrons. The number of aryl methyl sites for hydroxylation is 1. The van der Waals surface area contributed by atoms with Crippen LogP contribution >= 0.6 is 0 Å². The molecule has 1 aliphatic rings. The molecule has 8 nitrogen and oxygen atoms in total. The highest BCUT2D eigenvalue weighted by molar-refractivity contribution is 6.02. The van der Waals surface area contributed by atoms with Crippen LogP contribution in [-0.2, 0) is 19.1 Å². The van der Waals surface area contributed by atoms with Crippen LogP contribution < -0.4 is 10.6 Å². The number of hydrogen-bond donors (Lipinski definition) is 2. The molecule has 1 aromatic carbocycles. The lowest BCUT2D eigenvalue weighted by molar-refractivity contribution is -0.153. The van der Waals surface area contributed by atoms with Crippen LogP contribution in [0.5, 0.6) is 0 Å². The third kappa shape index (κ3) is 5.00. The van der Waals surface area contributed by atoms with Crippen LogP contribution in [0.15, 0.2) is 24.3 Å². The molecule has 0 aliphatic carbocycles. The molecular weight excluding hydrogens is 386 g/mol. The molecule has 0 bridgehead atoms. The first kappa shape index (κ1) is 21.4. The topological polar surface area (TPSA) is 114 Å². The summed E-state index contributed by atoms with van der Waals surface area (Å²) in [5, 5.41) is 5.70. The van der Waals surface area contributed by atoms with Gasteiger partial charge in [-0.3, -0.25) is 29.5 Å². The van der Waals surface area contributed by atoms with Crippen LogP contribution in [0.1, 0.15) is 61.1 Å². The second-order valence-electron chi connectivity index (χ2n) is 8.34. The lowest BCUT2D eigenvalue weighted by atomic mass is 9.89. The molecule has 2 heterocycles. The summed E-state index contributed by atoms with van der Waals surface area (Å²) < 4.78 is 5.18. The van der Waals surface area contributed by atoms with E-state index in [-0.39, 0.29) is 18.4 Å². The summed E-state index contributed by atoms with van der Waals surface area (Å²) >= 11 is 0. The van der Waals surface area contributed by atoms with Crippen molar-refractivity contribution in [1.82, 2.24) is 15.6 Å². The van der Waals surface area contributed by atoms with Crippen LogP contribution in [0.25, 0.3) is 10.9 Å². The predicted octanol–water partition coefficient (Wildman–Crippen LogP) is 2.13. The zero-order valence-corrected chi connectivity index (χ0v) is 17.5. The van der Waals surface area contributed by atoms with Gasteiger partial charge in [0.2, 0.25) is 11.8 Å². The van der Waals surface area contributed by atoms with E-state index in [9.17, 15) is 19.2 Å². The Labute approximate surface area is 174 Å². The van der Waals surface area contributed by atoms with Crippen LogP contribution in [0.4, 0.5) is 0 Å². The first-order chi connectivity index (χ1) is 14.0. The zero-order chi connectivity index (χ0) is 22.1. The van der Waals surface area contributed by atoms with E-state index in [1.54, 1.807) is 45.9 Å².